The van der Waals surface area contributed by atoms with Crippen LogP contribution in [0.3, 0.4) is 0 Å². The van der Waals surface area contributed by atoms with Gasteiger partial charge in [0, 0.05) is 25.0 Å². The number of imide groups is 1. The molecule has 1 aliphatic heterocycles. The van der Waals surface area contributed by atoms with E-state index >= 15 is 0 Å². The summed E-state index contributed by atoms with van der Waals surface area (Å²) in [5, 5.41) is 14.5. The SMILES string of the molecule is CC(C)c1ccccc1NC(=O)/C(C#N)=C\NCCN1C(=O)CSC1=O. The first-order chi connectivity index (χ1) is 12.4. The molecule has 0 unspecified atom stereocenters. The van der Waals surface area contributed by atoms with Crippen molar-refractivity contribution >= 4 is 34.5 Å². The van der Waals surface area contributed by atoms with Gasteiger partial charge in [-0.15, -0.1) is 0 Å². The number of amides is 3. The third kappa shape index (κ3) is 4.86. The van der Waals surface area contributed by atoms with Crippen molar-refractivity contribution in [1.29, 1.82) is 5.26 Å². The van der Waals surface area contributed by atoms with Crippen LogP contribution >= 0.6 is 11.8 Å². The molecule has 1 fully saturated rings. The van der Waals surface area contributed by atoms with Crippen LogP contribution in [0.5, 0.6) is 0 Å². The molecule has 2 rings (SSSR count). The van der Waals surface area contributed by atoms with Crippen molar-refractivity contribution in [3.05, 3.63) is 41.6 Å². The summed E-state index contributed by atoms with van der Waals surface area (Å²) in [6.45, 7) is 4.50. The summed E-state index contributed by atoms with van der Waals surface area (Å²) < 4.78 is 0. The number of rotatable bonds is 7. The van der Waals surface area contributed by atoms with Crippen LogP contribution in [0.2, 0.25) is 0 Å². The molecule has 0 aromatic heterocycles. The first-order valence-corrected chi connectivity index (χ1v) is 9.13. The van der Waals surface area contributed by atoms with Crippen molar-refractivity contribution in [3.8, 4) is 6.07 Å². The topological polar surface area (TPSA) is 102 Å². The summed E-state index contributed by atoms with van der Waals surface area (Å²) in [6.07, 6.45) is 1.30. The quantitative estimate of drug-likeness (QED) is 0.433. The Kier molecular flexibility index (Phi) is 6.81. The number of hydrogen-bond acceptors (Lipinski definition) is 6. The van der Waals surface area contributed by atoms with Gasteiger partial charge < -0.3 is 10.6 Å². The van der Waals surface area contributed by atoms with Crippen LogP contribution in [0.4, 0.5) is 10.5 Å². The van der Waals surface area contributed by atoms with Gasteiger partial charge in [0.05, 0.1) is 5.75 Å². The summed E-state index contributed by atoms with van der Waals surface area (Å²) in [6, 6.07) is 9.28. The Morgan fingerprint density at radius 3 is 2.73 bits per heavy atom. The number of para-hydroxylation sites is 1. The van der Waals surface area contributed by atoms with Crippen molar-refractivity contribution in [2.75, 3.05) is 24.2 Å². The van der Waals surface area contributed by atoms with Gasteiger partial charge in [0.2, 0.25) is 5.91 Å². The number of nitrogens with zero attached hydrogens (tertiary/aromatic N) is 2. The summed E-state index contributed by atoms with van der Waals surface area (Å²) in [7, 11) is 0. The molecule has 1 saturated heterocycles. The van der Waals surface area contributed by atoms with Gasteiger partial charge in [-0.1, -0.05) is 43.8 Å². The average Bonchev–Trinajstić information content (AvgIpc) is 2.93. The Morgan fingerprint density at radius 1 is 1.38 bits per heavy atom. The molecular formula is C18H20N4O3S. The lowest BCUT2D eigenvalue weighted by atomic mass is 10.0. The zero-order valence-electron chi connectivity index (χ0n) is 14.6. The highest BCUT2D eigenvalue weighted by Gasteiger charge is 2.29. The Morgan fingerprint density at radius 2 is 2.12 bits per heavy atom. The maximum atomic E-state index is 12.3. The number of carbonyl (C=O) groups excluding carboxylic acids is 3. The molecule has 136 valence electrons. The van der Waals surface area contributed by atoms with E-state index in [1.54, 1.807) is 6.07 Å². The van der Waals surface area contributed by atoms with Crippen LogP contribution in [0.15, 0.2) is 36.0 Å². The second-order valence-corrected chi connectivity index (χ2v) is 6.85. The number of anilines is 1. The Hall–Kier alpha value is -2.79. The molecule has 0 saturated carbocycles. The van der Waals surface area contributed by atoms with E-state index in [2.05, 4.69) is 10.6 Å². The van der Waals surface area contributed by atoms with E-state index in [-0.39, 0.29) is 41.5 Å². The van der Waals surface area contributed by atoms with E-state index in [1.165, 1.54) is 6.20 Å². The molecule has 0 atom stereocenters. The minimum Gasteiger partial charge on any atom is -0.388 e. The van der Waals surface area contributed by atoms with Crippen LogP contribution in [0.25, 0.3) is 0 Å². The number of hydrogen-bond donors (Lipinski definition) is 2. The fourth-order valence-corrected chi connectivity index (χ4v) is 3.15. The number of benzene rings is 1. The van der Waals surface area contributed by atoms with Gasteiger partial charge in [-0.2, -0.15) is 5.26 Å². The van der Waals surface area contributed by atoms with E-state index in [9.17, 15) is 19.6 Å². The minimum atomic E-state index is -0.517. The predicted molar refractivity (Wildman–Crippen MR) is 100 cm³/mol. The summed E-state index contributed by atoms with van der Waals surface area (Å²) in [4.78, 5) is 36.4. The van der Waals surface area contributed by atoms with E-state index in [0.717, 1.165) is 22.2 Å². The Labute approximate surface area is 156 Å². The van der Waals surface area contributed by atoms with Crippen LogP contribution < -0.4 is 10.6 Å². The van der Waals surface area contributed by atoms with Crippen LogP contribution in [-0.2, 0) is 9.59 Å². The molecule has 26 heavy (non-hydrogen) atoms. The first-order valence-electron chi connectivity index (χ1n) is 8.15. The van der Waals surface area contributed by atoms with Gasteiger partial charge in [-0.3, -0.25) is 19.3 Å². The van der Waals surface area contributed by atoms with Crippen LogP contribution in [0, 0.1) is 11.3 Å². The molecule has 1 aromatic carbocycles. The number of nitrogens with one attached hydrogen (secondary N) is 2. The lowest BCUT2D eigenvalue weighted by Crippen LogP contribution is -2.34. The van der Waals surface area contributed by atoms with E-state index < -0.39 is 5.91 Å². The van der Waals surface area contributed by atoms with Crippen LogP contribution in [-0.4, -0.2) is 40.8 Å². The van der Waals surface area contributed by atoms with Crippen molar-refractivity contribution in [3.63, 3.8) is 0 Å². The second kappa shape index (κ2) is 9.06. The average molecular weight is 372 g/mol. The number of thioether (sulfide) groups is 1. The van der Waals surface area contributed by atoms with Gasteiger partial charge in [-0.25, -0.2) is 0 Å². The van der Waals surface area contributed by atoms with Crippen molar-refractivity contribution in [2.45, 2.75) is 19.8 Å². The lowest BCUT2D eigenvalue weighted by Gasteiger charge is -2.14. The minimum absolute atomic E-state index is 0.0861. The molecule has 2 N–H and O–H groups in total. The van der Waals surface area contributed by atoms with Gasteiger partial charge >= 0.3 is 0 Å². The number of nitriles is 1. The van der Waals surface area contributed by atoms with Gasteiger partial charge in [0.25, 0.3) is 11.1 Å². The highest BCUT2D eigenvalue weighted by atomic mass is 32.2. The molecule has 0 bridgehead atoms. The molecular weight excluding hydrogens is 352 g/mol. The number of carbonyl (C=O) groups is 3. The maximum absolute atomic E-state index is 12.3. The molecule has 1 heterocycles. The molecule has 1 aromatic rings. The Balaban J connectivity index is 1.94. The standard InChI is InChI=1S/C18H20N4O3S/c1-12(2)14-5-3-4-6-15(14)21-17(24)13(9-19)10-20-7-8-22-16(23)11-26-18(22)25/h3-6,10,12,20H,7-8,11H2,1-2H3,(H,21,24)/b13-10-. The molecule has 3 amide bonds. The highest BCUT2D eigenvalue weighted by Crippen LogP contribution is 2.24. The molecule has 7 nitrogen and oxygen atoms in total. The zero-order valence-corrected chi connectivity index (χ0v) is 15.4. The van der Waals surface area contributed by atoms with Gasteiger partial charge in [0.15, 0.2) is 0 Å². The lowest BCUT2D eigenvalue weighted by molar-refractivity contribution is -0.124. The first kappa shape index (κ1) is 19.5. The zero-order chi connectivity index (χ0) is 19.1. The van der Waals surface area contributed by atoms with Crippen molar-refractivity contribution < 1.29 is 14.4 Å². The fraction of sp³-hybridized carbons (Fsp3) is 0.333. The highest BCUT2D eigenvalue weighted by molar-refractivity contribution is 8.14. The smallest absolute Gasteiger partial charge is 0.288 e. The summed E-state index contributed by atoms with van der Waals surface area (Å²) in [5.74, 6) is -0.352. The van der Waals surface area contributed by atoms with Gasteiger partial charge in [0.1, 0.15) is 11.6 Å². The predicted octanol–water partition coefficient (Wildman–Crippen LogP) is 2.44. The van der Waals surface area contributed by atoms with Crippen molar-refractivity contribution in [1.82, 2.24) is 10.2 Å². The molecule has 0 aliphatic carbocycles. The molecule has 0 spiro atoms. The fourth-order valence-electron chi connectivity index (χ4n) is 2.40. The van der Waals surface area contributed by atoms with Crippen LogP contribution in [0.1, 0.15) is 25.3 Å². The maximum Gasteiger partial charge on any atom is 0.288 e. The second-order valence-electron chi connectivity index (χ2n) is 5.92. The molecule has 0 radical (unpaired) electrons. The van der Waals surface area contributed by atoms with E-state index in [0.29, 0.717) is 5.69 Å². The molecule has 1 aliphatic rings. The van der Waals surface area contributed by atoms with E-state index in [4.69, 9.17) is 0 Å². The monoisotopic (exact) mass is 372 g/mol. The third-order valence-electron chi connectivity index (χ3n) is 3.76. The summed E-state index contributed by atoms with van der Waals surface area (Å²) >= 11 is 0.970. The largest absolute Gasteiger partial charge is 0.388 e. The third-order valence-corrected chi connectivity index (χ3v) is 4.62. The van der Waals surface area contributed by atoms with Gasteiger partial charge in [-0.05, 0) is 17.5 Å². The summed E-state index contributed by atoms with van der Waals surface area (Å²) in [5.41, 5.74) is 1.56. The Bertz CT molecular complexity index is 767. The normalized spacial score (nSPS) is 14.5. The molecule has 8 heteroatoms. The van der Waals surface area contributed by atoms with E-state index in [1.807, 2.05) is 38.1 Å². The van der Waals surface area contributed by atoms with Crippen molar-refractivity contribution in [2.24, 2.45) is 0 Å².